The molecule has 10 heteroatoms. The molecule has 3 rings (SSSR count). The van der Waals surface area contributed by atoms with Gasteiger partial charge in [-0.05, 0) is 43.2 Å². The lowest BCUT2D eigenvalue weighted by Gasteiger charge is -2.13. The summed E-state index contributed by atoms with van der Waals surface area (Å²) in [7, 11) is -3.49. The van der Waals surface area contributed by atoms with Gasteiger partial charge in [0.2, 0.25) is 10.0 Å². The minimum atomic E-state index is -3.49. The van der Waals surface area contributed by atoms with Gasteiger partial charge < -0.3 is 10.1 Å². The van der Waals surface area contributed by atoms with E-state index in [-0.39, 0.29) is 30.0 Å². The second kappa shape index (κ2) is 10.3. The molecule has 0 atom stereocenters. The van der Waals surface area contributed by atoms with Crippen LogP contribution in [0.3, 0.4) is 0 Å². The van der Waals surface area contributed by atoms with Gasteiger partial charge in [-0.2, -0.15) is 10.1 Å². The van der Waals surface area contributed by atoms with Gasteiger partial charge in [-0.1, -0.05) is 31.2 Å². The van der Waals surface area contributed by atoms with Crippen LogP contribution < -0.4 is 15.0 Å². The molecule has 33 heavy (non-hydrogen) atoms. The van der Waals surface area contributed by atoms with Crippen molar-refractivity contribution in [3.63, 3.8) is 0 Å². The number of ether oxygens (including phenoxy) is 1. The normalized spacial score (nSPS) is 14.9. The minimum Gasteiger partial charge on any atom is -0.466 e. The molecule has 2 N–H and O–H groups in total. The monoisotopic (exact) mass is 470 g/mol. The predicted molar refractivity (Wildman–Crippen MR) is 129 cm³/mol. The van der Waals surface area contributed by atoms with E-state index >= 15 is 0 Å². The maximum atomic E-state index is 13.2. The van der Waals surface area contributed by atoms with Gasteiger partial charge in [0.1, 0.15) is 0 Å². The molecule has 1 amide bonds. The third-order valence-electron chi connectivity index (χ3n) is 4.74. The molecule has 0 unspecified atom stereocenters. The molecule has 0 saturated carbocycles. The number of nitrogens with zero attached hydrogens (tertiary/aromatic N) is 2. The molecule has 0 fully saturated rings. The summed E-state index contributed by atoms with van der Waals surface area (Å²) in [6, 6.07) is 14.0. The van der Waals surface area contributed by atoms with Gasteiger partial charge in [0.05, 0.1) is 41.9 Å². The molecular weight excluding hydrogens is 444 g/mol. The lowest BCUT2D eigenvalue weighted by atomic mass is 10.1. The van der Waals surface area contributed by atoms with Crippen LogP contribution in [-0.2, 0) is 30.8 Å². The Labute approximate surface area is 193 Å². The van der Waals surface area contributed by atoms with E-state index in [2.05, 4.69) is 15.1 Å². The van der Waals surface area contributed by atoms with E-state index in [1.54, 1.807) is 25.1 Å². The average molecular weight is 471 g/mol. The molecule has 174 valence electrons. The van der Waals surface area contributed by atoms with Gasteiger partial charge >= 0.3 is 5.97 Å². The van der Waals surface area contributed by atoms with E-state index in [0.717, 1.165) is 28.9 Å². The fourth-order valence-corrected chi connectivity index (χ4v) is 3.85. The Morgan fingerprint density at radius 1 is 1.15 bits per heavy atom. The fraction of sp³-hybridized carbons (Fsp3) is 0.261. The highest BCUT2D eigenvalue weighted by Gasteiger charge is 2.33. The smallest absolute Gasteiger partial charge is 0.311 e. The highest BCUT2D eigenvalue weighted by molar-refractivity contribution is 7.92. The van der Waals surface area contributed by atoms with Crippen molar-refractivity contribution in [3.05, 3.63) is 65.9 Å². The molecule has 0 aromatic heterocycles. The van der Waals surface area contributed by atoms with E-state index in [4.69, 9.17) is 4.74 Å². The van der Waals surface area contributed by atoms with Crippen LogP contribution >= 0.6 is 0 Å². The number of hydrogen-bond donors (Lipinski definition) is 2. The average Bonchev–Trinajstić information content (AvgIpc) is 3.06. The van der Waals surface area contributed by atoms with Crippen molar-refractivity contribution < 1.29 is 22.7 Å². The Bertz CT molecular complexity index is 1220. The van der Waals surface area contributed by atoms with Crippen molar-refractivity contribution in [2.75, 3.05) is 27.9 Å². The number of anilines is 3. The van der Waals surface area contributed by atoms with E-state index < -0.39 is 21.9 Å². The zero-order chi connectivity index (χ0) is 24.0. The summed E-state index contributed by atoms with van der Waals surface area (Å²) in [6.45, 7) is 3.94. The number of amides is 1. The SMILES string of the molecule is CCOC(=O)CC1=NN(c2cccc(NS(C)(=O)=O)c2)C(=O)/C1=C/Nc1ccccc1CC. The number of para-hydroxylation sites is 1. The molecule has 0 saturated heterocycles. The Hall–Kier alpha value is -3.66. The summed E-state index contributed by atoms with van der Waals surface area (Å²) >= 11 is 0. The second-order valence-corrected chi connectivity index (χ2v) is 9.03. The highest BCUT2D eigenvalue weighted by Crippen LogP contribution is 2.28. The van der Waals surface area contributed by atoms with Gasteiger partial charge in [-0.3, -0.25) is 14.3 Å². The third-order valence-corrected chi connectivity index (χ3v) is 5.34. The van der Waals surface area contributed by atoms with Gasteiger partial charge in [-0.15, -0.1) is 0 Å². The van der Waals surface area contributed by atoms with Gasteiger partial charge in [-0.25, -0.2) is 8.42 Å². The van der Waals surface area contributed by atoms with Crippen molar-refractivity contribution >= 4 is 44.7 Å². The minimum absolute atomic E-state index is 0.180. The Kier molecular flexibility index (Phi) is 7.49. The number of carbonyl (C=O) groups is 2. The summed E-state index contributed by atoms with van der Waals surface area (Å²) in [5, 5.41) is 8.64. The summed E-state index contributed by atoms with van der Waals surface area (Å²) < 4.78 is 30.5. The van der Waals surface area contributed by atoms with Crippen molar-refractivity contribution in [3.8, 4) is 0 Å². The first-order valence-corrected chi connectivity index (χ1v) is 12.3. The summed E-state index contributed by atoms with van der Waals surface area (Å²) in [5.41, 5.74) is 3.02. The third kappa shape index (κ3) is 6.19. The summed E-state index contributed by atoms with van der Waals surface area (Å²) in [6.07, 6.45) is 3.20. The van der Waals surface area contributed by atoms with Gasteiger partial charge in [0.25, 0.3) is 5.91 Å². The van der Waals surface area contributed by atoms with E-state index in [1.807, 2.05) is 31.2 Å². The maximum absolute atomic E-state index is 13.2. The van der Waals surface area contributed by atoms with E-state index in [0.29, 0.717) is 5.69 Å². The number of hydrazone groups is 1. The lowest BCUT2D eigenvalue weighted by molar-refractivity contribution is -0.141. The van der Waals surface area contributed by atoms with Crippen molar-refractivity contribution in [2.45, 2.75) is 26.7 Å². The van der Waals surface area contributed by atoms with E-state index in [1.165, 1.54) is 12.3 Å². The quantitative estimate of drug-likeness (QED) is 0.429. The standard InChI is InChI=1S/C23H26N4O5S/c1-4-16-9-6-7-12-20(16)24-15-19-21(14-22(28)32-5-2)25-27(23(19)29)18-11-8-10-17(13-18)26-33(3,30)31/h6-13,15,24,26H,4-5,14H2,1-3H3/b19-15+. The number of rotatable bonds is 9. The van der Waals surface area contributed by atoms with E-state index in [9.17, 15) is 18.0 Å². The zero-order valence-electron chi connectivity index (χ0n) is 18.7. The van der Waals surface area contributed by atoms with Crippen LogP contribution in [0.5, 0.6) is 0 Å². The van der Waals surface area contributed by atoms with Crippen LogP contribution in [0.1, 0.15) is 25.8 Å². The highest BCUT2D eigenvalue weighted by atomic mass is 32.2. The summed E-state index contributed by atoms with van der Waals surface area (Å²) in [4.78, 5) is 25.4. The maximum Gasteiger partial charge on any atom is 0.311 e. The number of nitrogens with one attached hydrogen (secondary N) is 2. The fourth-order valence-electron chi connectivity index (χ4n) is 3.29. The van der Waals surface area contributed by atoms with Crippen LogP contribution in [0.15, 0.2) is 65.4 Å². The zero-order valence-corrected chi connectivity index (χ0v) is 19.5. The topological polar surface area (TPSA) is 117 Å². The van der Waals surface area contributed by atoms with Gasteiger partial charge in [0.15, 0.2) is 0 Å². The largest absolute Gasteiger partial charge is 0.466 e. The van der Waals surface area contributed by atoms with Crippen LogP contribution in [-0.4, -0.2) is 38.9 Å². The number of benzene rings is 2. The van der Waals surface area contributed by atoms with Crippen LogP contribution in [0, 0.1) is 0 Å². The Balaban J connectivity index is 1.95. The first-order valence-electron chi connectivity index (χ1n) is 10.4. The molecule has 0 radical (unpaired) electrons. The summed E-state index contributed by atoms with van der Waals surface area (Å²) in [5.74, 6) is -0.953. The first-order chi connectivity index (χ1) is 15.7. The molecular formula is C23H26N4O5S. The number of aryl methyl sites for hydroxylation is 1. The molecule has 1 aliphatic rings. The number of carbonyl (C=O) groups excluding carboxylic acids is 2. The number of sulfonamides is 1. The number of hydrogen-bond acceptors (Lipinski definition) is 7. The predicted octanol–water partition coefficient (Wildman–Crippen LogP) is 3.27. The number of esters is 1. The molecule has 1 heterocycles. The second-order valence-electron chi connectivity index (χ2n) is 7.28. The molecule has 0 bridgehead atoms. The van der Waals surface area contributed by atoms with Crippen molar-refractivity contribution in [1.82, 2.24) is 0 Å². The van der Waals surface area contributed by atoms with Crippen LogP contribution in [0.2, 0.25) is 0 Å². The molecule has 0 spiro atoms. The molecule has 2 aromatic carbocycles. The van der Waals surface area contributed by atoms with Crippen molar-refractivity contribution in [2.24, 2.45) is 5.10 Å². The molecule has 9 nitrogen and oxygen atoms in total. The lowest BCUT2D eigenvalue weighted by Crippen LogP contribution is -2.22. The van der Waals surface area contributed by atoms with Crippen molar-refractivity contribution in [1.29, 1.82) is 0 Å². The van der Waals surface area contributed by atoms with Crippen LogP contribution in [0.4, 0.5) is 17.1 Å². The van der Waals surface area contributed by atoms with Gasteiger partial charge in [0, 0.05) is 11.9 Å². The van der Waals surface area contributed by atoms with Crippen LogP contribution in [0.25, 0.3) is 0 Å². The molecule has 2 aromatic rings. The molecule has 1 aliphatic heterocycles. The molecule has 0 aliphatic carbocycles. The first kappa shape index (κ1) is 24.0. The Morgan fingerprint density at radius 2 is 1.91 bits per heavy atom. The Morgan fingerprint density at radius 3 is 2.61 bits per heavy atom.